The van der Waals surface area contributed by atoms with Crippen LogP contribution in [0.4, 0.5) is 0 Å². The largest absolute Gasteiger partial charge is 0.390 e. The number of carbonyl (C=O) groups is 1. The molecule has 0 spiro atoms. The van der Waals surface area contributed by atoms with Gasteiger partial charge >= 0.3 is 0 Å². The number of rotatable bonds is 6. The minimum atomic E-state index is -1.73. The Hall–Kier alpha value is -1.47. The van der Waals surface area contributed by atoms with Crippen LogP contribution in [0.3, 0.4) is 0 Å². The zero-order valence-corrected chi connectivity index (χ0v) is 13.3. The Kier molecular flexibility index (Phi) is 6.12. The van der Waals surface area contributed by atoms with Gasteiger partial charge < -0.3 is 25.4 Å². The second kappa shape index (κ2) is 7.88. The van der Waals surface area contributed by atoms with Crippen molar-refractivity contribution >= 4 is 5.91 Å². The summed E-state index contributed by atoms with van der Waals surface area (Å²) in [6, 6.07) is 9.40. The van der Waals surface area contributed by atoms with Gasteiger partial charge in [-0.2, -0.15) is 0 Å². The fourth-order valence-electron chi connectivity index (χ4n) is 2.77. The summed E-state index contributed by atoms with van der Waals surface area (Å²) in [5, 5.41) is 33.3. The van der Waals surface area contributed by atoms with Gasteiger partial charge in [-0.25, -0.2) is 0 Å². The highest BCUT2D eigenvalue weighted by Gasteiger charge is 2.49. The highest BCUT2D eigenvalue weighted by molar-refractivity contribution is 5.85. The van der Waals surface area contributed by atoms with Gasteiger partial charge in [0, 0.05) is 19.4 Å². The lowest BCUT2D eigenvalue weighted by atomic mass is 9.79. The van der Waals surface area contributed by atoms with Crippen molar-refractivity contribution in [1.82, 2.24) is 5.32 Å². The monoisotopic (exact) mass is 323 g/mol. The Morgan fingerprint density at radius 2 is 2.00 bits per heavy atom. The Labute approximate surface area is 136 Å². The lowest BCUT2D eigenvalue weighted by Crippen LogP contribution is -2.59. The number of hydrogen-bond acceptors (Lipinski definition) is 5. The van der Waals surface area contributed by atoms with E-state index in [0.29, 0.717) is 6.54 Å². The van der Waals surface area contributed by atoms with Gasteiger partial charge in [-0.3, -0.25) is 4.79 Å². The minimum Gasteiger partial charge on any atom is -0.390 e. The first-order chi connectivity index (χ1) is 11.0. The standard InChI is InChI=1S/C17H25NO5/c1-2-8-18-16(21)17(22)9-13(19)15(20)14(10-17)23-11-12-6-4-3-5-7-12/h3-7,13-15,19-20,22H,2,8-11H2,1H3,(H,18,21)/t13-,14-,15-,17+/m1/s1. The van der Waals surface area contributed by atoms with Gasteiger partial charge in [-0.05, 0) is 12.0 Å². The lowest BCUT2D eigenvalue weighted by Gasteiger charge is -2.41. The molecule has 2 rings (SSSR count). The van der Waals surface area contributed by atoms with Crippen LogP contribution in [0.2, 0.25) is 0 Å². The summed E-state index contributed by atoms with van der Waals surface area (Å²) in [4.78, 5) is 12.1. The molecule has 1 aromatic carbocycles. The van der Waals surface area contributed by atoms with E-state index in [1.165, 1.54) is 0 Å². The van der Waals surface area contributed by atoms with E-state index in [4.69, 9.17) is 4.74 Å². The maximum atomic E-state index is 12.1. The number of benzene rings is 1. The predicted molar refractivity (Wildman–Crippen MR) is 84.5 cm³/mol. The summed E-state index contributed by atoms with van der Waals surface area (Å²) < 4.78 is 5.65. The van der Waals surface area contributed by atoms with Crippen LogP contribution in [0.1, 0.15) is 31.7 Å². The summed E-state index contributed by atoms with van der Waals surface area (Å²) in [7, 11) is 0. The molecule has 4 atom stereocenters. The van der Waals surface area contributed by atoms with E-state index in [9.17, 15) is 20.1 Å². The third-order valence-electron chi connectivity index (χ3n) is 4.13. The third kappa shape index (κ3) is 4.51. The van der Waals surface area contributed by atoms with Crippen LogP contribution in [-0.2, 0) is 16.1 Å². The molecule has 0 aliphatic heterocycles. The number of aliphatic hydroxyl groups excluding tert-OH is 2. The molecule has 0 bridgehead atoms. The number of carbonyl (C=O) groups excluding carboxylic acids is 1. The molecule has 4 N–H and O–H groups in total. The van der Waals surface area contributed by atoms with Gasteiger partial charge in [0.1, 0.15) is 11.7 Å². The third-order valence-corrected chi connectivity index (χ3v) is 4.13. The van der Waals surface area contributed by atoms with Crippen molar-refractivity contribution in [2.75, 3.05) is 6.54 Å². The molecule has 0 radical (unpaired) electrons. The Balaban J connectivity index is 2.01. The maximum absolute atomic E-state index is 12.1. The van der Waals surface area contributed by atoms with Crippen molar-refractivity contribution < 1.29 is 24.9 Å². The van der Waals surface area contributed by atoms with Crippen molar-refractivity contribution in [3.8, 4) is 0 Å². The fraction of sp³-hybridized carbons (Fsp3) is 0.588. The van der Waals surface area contributed by atoms with Crippen LogP contribution < -0.4 is 5.32 Å². The average Bonchev–Trinajstić information content (AvgIpc) is 2.55. The van der Waals surface area contributed by atoms with Crippen LogP contribution in [-0.4, -0.2) is 51.7 Å². The Morgan fingerprint density at radius 3 is 2.65 bits per heavy atom. The van der Waals surface area contributed by atoms with E-state index in [1.807, 2.05) is 37.3 Å². The first-order valence-electron chi connectivity index (χ1n) is 7.98. The second-order valence-corrected chi connectivity index (χ2v) is 6.09. The van der Waals surface area contributed by atoms with Gasteiger partial charge in [0.2, 0.25) is 0 Å². The molecule has 0 unspecified atom stereocenters. The predicted octanol–water partition coefficient (Wildman–Crippen LogP) is 0.345. The summed E-state index contributed by atoms with van der Waals surface area (Å²) in [6.07, 6.45) is -2.64. The molecule has 6 nitrogen and oxygen atoms in total. The highest BCUT2D eigenvalue weighted by atomic mass is 16.5. The summed E-state index contributed by atoms with van der Waals surface area (Å²) in [5.41, 5.74) is -0.812. The second-order valence-electron chi connectivity index (χ2n) is 6.09. The van der Waals surface area contributed by atoms with Crippen LogP contribution in [0.5, 0.6) is 0 Å². The first kappa shape index (κ1) is 17.9. The van der Waals surface area contributed by atoms with E-state index >= 15 is 0 Å². The van der Waals surface area contributed by atoms with E-state index in [0.717, 1.165) is 12.0 Å². The average molecular weight is 323 g/mol. The van der Waals surface area contributed by atoms with E-state index in [-0.39, 0.29) is 19.4 Å². The normalized spacial score (nSPS) is 30.9. The molecule has 1 aliphatic rings. The molecule has 0 heterocycles. The first-order valence-corrected chi connectivity index (χ1v) is 7.98. The number of nitrogens with one attached hydrogen (secondary N) is 1. The van der Waals surface area contributed by atoms with Crippen molar-refractivity contribution in [1.29, 1.82) is 0 Å². The van der Waals surface area contributed by atoms with Crippen LogP contribution in [0.25, 0.3) is 0 Å². The van der Waals surface area contributed by atoms with Gasteiger partial charge in [0.25, 0.3) is 5.91 Å². The topological polar surface area (TPSA) is 99.0 Å². The van der Waals surface area contributed by atoms with Gasteiger partial charge in [-0.1, -0.05) is 37.3 Å². The zero-order chi connectivity index (χ0) is 16.9. The summed E-state index contributed by atoms with van der Waals surface area (Å²) in [5.74, 6) is -0.529. The molecular weight excluding hydrogens is 298 g/mol. The van der Waals surface area contributed by atoms with Crippen molar-refractivity contribution in [2.24, 2.45) is 0 Å². The van der Waals surface area contributed by atoms with E-state index in [2.05, 4.69) is 5.32 Å². The van der Waals surface area contributed by atoms with Gasteiger partial charge in [0.15, 0.2) is 0 Å². The maximum Gasteiger partial charge on any atom is 0.252 e. The fourth-order valence-corrected chi connectivity index (χ4v) is 2.77. The number of amides is 1. The molecule has 0 saturated heterocycles. The summed E-state index contributed by atoms with van der Waals surface area (Å²) in [6.45, 7) is 2.60. The highest BCUT2D eigenvalue weighted by Crippen LogP contribution is 2.31. The molecule has 0 aromatic heterocycles. The van der Waals surface area contributed by atoms with E-state index in [1.54, 1.807) is 0 Å². The zero-order valence-electron chi connectivity index (χ0n) is 13.3. The Bertz CT molecular complexity index is 509. The molecule has 1 aromatic rings. The lowest BCUT2D eigenvalue weighted by molar-refractivity contribution is -0.184. The van der Waals surface area contributed by atoms with Crippen molar-refractivity contribution in [2.45, 2.75) is 56.7 Å². The quantitative estimate of drug-likeness (QED) is 0.605. The molecule has 1 amide bonds. The minimum absolute atomic E-state index is 0.0480. The molecule has 23 heavy (non-hydrogen) atoms. The van der Waals surface area contributed by atoms with Gasteiger partial charge in [-0.15, -0.1) is 0 Å². The number of aliphatic hydroxyl groups is 3. The van der Waals surface area contributed by atoms with Crippen LogP contribution in [0.15, 0.2) is 30.3 Å². The molecule has 1 aliphatic carbocycles. The molecule has 6 heteroatoms. The number of hydrogen-bond donors (Lipinski definition) is 4. The van der Waals surface area contributed by atoms with E-state index < -0.39 is 29.8 Å². The van der Waals surface area contributed by atoms with Gasteiger partial charge in [0.05, 0.1) is 18.8 Å². The smallest absolute Gasteiger partial charge is 0.252 e. The molecular formula is C17H25NO5. The van der Waals surface area contributed by atoms with Crippen molar-refractivity contribution in [3.05, 3.63) is 35.9 Å². The van der Waals surface area contributed by atoms with Crippen LogP contribution >= 0.6 is 0 Å². The Morgan fingerprint density at radius 1 is 1.30 bits per heavy atom. The summed E-state index contributed by atoms with van der Waals surface area (Å²) >= 11 is 0. The van der Waals surface area contributed by atoms with Crippen molar-refractivity contribution in [3.63, 3.8) is 0 Å². The SMILES string of the molecule is CCCNC(=O)[C@]1(O)C[C@@H](O)[C@@H](O)[C@H](OCc2ccccc2)C1. The molecule has 1 fully saturated rings. The number of ether oxygens (including phenoxy) is 1. The molecule has 128 valence electrons. The molecule has 1 saturated carbocycles. The van der Waals surface area contributed by atoms with Crippen LogP contribution in [0, 0.1) is 0 Å².